The van der Waals surface area contributed by atoms with Crippen LogP contribution in [0.15, 0.2) is 0 Å². The molecule has 0 radical (unpaired) electrons. The number of piperazine rings is 1. The summed E-state index contributed by atoms with van der Waals surface area (Å²) in [6.45, 7) is 9.05. The summed E-state index contributed by atoms with van der Waals surface area (Å²) in [7, 11) is 0. The SMILES string of the molecule is NCCCNCCCCN1CCNCC1. The van der Waals surface area contributed by atoms with Crippen molar-refractivity contribution in [2.45, 2.75) is 19.3 Å². The highest BCUT2D eigenvalue weighted by atomic mass is 15.2. The number of hydrogen-bond acceptors (Lipinski definition) is 4. The van der Waals surface area contributed by atoms with E-state index >= 15 is 0 Å². The van der Waals surface area contributed by atoms with Crippen molar-refractivity contribution in [3.63, 3.8) is 0 Å². The molecule has 0 unspecified atom stereocenters. The summed E-state index contributed by atoms with van der Waals surface area (Å²) in [6, 6.07) is 0. The molecule has 1 aliphatic heterocycles. The van der Waals surface area contributed by atoms with Gasteiger partial charge >= 0.3 is 0 Å². The van der Waals surface area contributed by atoms with E-state index in [2.05, 4.69) is 15.5 Å². The van der Waals surface area contributed by atoms with Gasteiger partial charge in [-0.3, -0.25) is 0 Å². The third-order valence-corrected chi connectivity index (χ3v) is 2.85. The molecule has 4 nitrogen and oxygen atoms in total. The third-order valence-electron chi connectivity index (χ3n) is 2.85. The van der Waals surface area contributed by atoms with Gasteiger partial charge in [-0.1, -0.05) is 0 Å². The van der Waals surface area contributed by atoms with Gasteiger partial charge in [-0.05, 0) is 45.4 Å². The second-order valence-corrected chi connectivity index (χ2v) is 4.19. The number of rotatable bonds is 8. The summed E-state index contributed by atoms with van der Waals surface area (Å²) in [5.74, 6) is 0. The van der Waals surface area contributed by atoms with Crippen molar-refractivity contribution >= 4 is 0 Å². The van der Waals surface area contributed by atoms with Gasteiger partial charge in [0.1, 0.15) is 0 Å². The average Bonchev–Trinajstić information content (AvgIpc) is 2.29. The summed E-state index contributed by atoms with van der Waals surface area (Å²) in [5.41, 5.74) is 5.41. The monoisotopic (exact) mass is 214 g/mol. The number of unbranched alkanes of at least 4 members (excludes halogenated alkanes) is 1. The van der Waals surface area contributed by atoms with Crippen molar-refractivity contribution in [2.75, 3.05) is 52.4 Å². The Morgan fingerprint density at radius 2 is 1.80 bits per heavy atom. The lowest BCUT2D eigenvalue weighted by atomic mass is 10.2. The topological polar surface area (TPSA) is 53.3 Å². The Bertz CT molecular complexity index is 135. The maximum atomic E-state index is 5.41. The summed E-state index contributed by atoms with van der Waals surface area (Å²) < 4.78 is 0. The fourth-order valence-electron chi connectivity index (χ4n) is 1.87. The normalized spacial score (nSPS) is 18.2. The van der Waals surface area contributed by atoms with Gasteiger partial charge in [-0.2, -0.15) is 0 Å². The molecule has 4 heteroatoms. The molecule has 90 valence electrons. The van der Waals surface area contributed by atoms with Gasteiger partial charge in [0.25, 0.3) is 0 Å². The zero-order chi connectivity index (χ0) is 10.8. The van der Waals surface area contributed by atoms with Gasteiger partial charge in [0, 0.05) is 26.2 Å². The van der Waals surface area contributed by atoms with E-state index in [1.54, 1.807) is 0 Å². The summed E-state index contributed by atoms with van der Waals surface area (Å²) in [6.07, 6.45) is 3.70. The number of nitrogens with one attached hydrogen (secondary N) is 2. The summed E-state index contributed by atoms with van der Waals surface area (Å²) in [4.78, 5) is 2.55. The Morgan fingerprint density at radius 3 is 2.53 bits per heavy atom. The highest BCUT2D eigenvalue weighted by molar-refractivity contribution is 4.67. The molecule has 1 rings (SSSR count). The van der Waals surface area contributed by atoms with Crippen molar-refractivity contribution in [2.24, 2.45) is 5.73 Å². The predicted molar refractivity (Wildman–Crippen MR) is 65.1 cm³/mol. The van der Waals surface area contributed by atoms with E-state index in [1.807, 2.05) is 0 Å². The van der Waals surface area contributed by atoms with Crippen molar-refractivity contribution in [3.8, 4) is 0 Å². The van der Waals surface area contributed by atoms with Gasteiger partial charge in [0.05, 0.1) is 0 Å². The van der Waals surface area contributed by atoms with Gasteiger partial charge in [-0.25, -0.2) is 0 Å². The molecular weight excluding hydrogens is 188 g/mol. The molecule has 0 saturated carbocycles. The van der Waals surface area contributed by atoms with E-state index in [9.17, 15) is 0 Å². The minimum atomic E-state index is 0.799. The molecule has 0 bridgehead atoms. The van der Waals surface area contributed by atoms with E-state index in [4.69, 9.17) is 5.73 Å². The van der Waals surface area contributed by atoms with Gasteiger partial charge in [0.2, 0.25) is 0 Å². The summed E-state index contributed by atoms with van der Waals surface area (Å²) >= 11 is 0. The first kappa shape index (κ1) is 12.9. The largest absolute Gasteiger partial charge is 0.330 e. The molecule has 0 aromatic carbocycles. The Kier molecular flexibility index (Phi) is 7.83. The van der Waals surface area contributed by atoms with Crippen LogP contribution in [0.3, 0.4) is 0 Å². The molecule has 0 aliphatic carbocycles. The van der Waals surface area contributed by atoms with E-state index in [1.165, 1.54) is 32.5 Å². The molecule has 0 aromatic rings. The van der Waals surface area contributed by atoms with Gasteiger partial charge in [-0.15, -0.1) is 0 Å². The van der Waals surface area contributed by atoms with Crippen LogP contribution in [0.1, 0.15) is 19.3 Å². The van der Waals surface area contributed by atoms with Crippen LogP contribution < -0.4 is 16.4 Å². The Hall–Kier alpha value is -0.160. The minimum absolute atomic E-state index is 0.799. The predicted octanol–water partition coefficient (Wildman–Crippen LogP) is -0.390. The molecule has 0 atom stereocenters. The molecule has 4 N–H and O–H groups in total. The van der Waals surface area contributed by atoms with Crippen LogP contribution in [0.4, 0.5) is 0 Å². The molecular formula is C11H26N4. The first-order chi connectivity index (χ1) is 7.43. The first-order valence-corrected chi connectivity index (χ1v) is 6.27. The molecule has 1 fully saturated rings. The van der Waals surface area contributed by atoms with E-state index in [0.29, 0.717) is 0 Å². The quantitative estimate of drug-likeness (QED) is 0.482. The first-order valence-electron chi connectivity index (χ1n) is 6.27. The van der Waals surface area contributed by atoms with Crippen LogP contribution in [-0.2, 0) is 0 Å². The van der Waals surface area contributed by atoms with Gasteiger partial charge in [0.15, 0.2) is 0 Å². The third kappa shape index (κ3) is 6.84. The van der Waals surface area contributed by atoms with Crippen molar-refractivity contribution < 1.29 is 0 Å². The number of nitrogens with zero attached hydrogens (tertiary/aromatic N) is 1. The Balaban J connectivity index is 1.79. The zero-order valence-electron chi connectivity index (χ0n) is 9.80. The van der Waals surface area contributed by atoms with Crippen LogP contribution in [0.5, 0.6) is 0 Å². The Labute approximate surface area is 93.6 Å². The zero-order valence-corrected chi connectivity index (χ0v) is 9.80. The standard InChI is InChI=1S/C11H26N4/c12-4-3-6-13-5-1-2-9-15-10-7-14-8-11-15/h13-14H,1-12H2. The van der Waals surface area contributed by atoms with E-state index in [0.717, 1.165) is 39.1 Å². The second kappa shape index (κ2) is 9.09. The maximum Gasteiger partial charge on any atom is 0.0107 e. The molecule has 15 heavy (non-hydrogen) atoms. The highest BCUT2D eigenvalue weighted by Crippen LogP contribution is 1.96. The lowest BCUT2D eigenvalue weighted by molar-refractivity contribution is 0.236. The highest BCUT2D eigenvalue weighted by Gasteiger charge is 2.07. The van der Waals surface area contributed by atoms with Crippen molar-refractivity contribution in [1.82, 2.24) is 15.5 Å². The van der Waals surface area contributed by atoms with Crippen molar-refractivity contribution in [3.05, 3.63) is 0 Å². The molecule has 1 heterocycles. The molecule has 0 aromatic heterocycles. The van der Waals surface area contributed by atoms with Crippen LogP contribution in [0, 0.1) is 0 Å². The number of hydrogen-bond donors (Lipinski definition) is 3. The second-order valence-electron chi connectivity index (χ2n) is 4.19. The van der Waals surface area contributed by atoms with Gasteiger partial charge < -0.3 is 21.3 Å². The van der Waals surface area contributed by atoms with Crippen molar-refractivity contribution in [1.29, 1.82) is 0 Å². The minimum Gasteiger partial charge on any atom is -0.330 e. The average molecular weight is 214 g/mol. The van der Waals surface area contributed by atoms with Crippen LogP contribution >= 0.6 is 0 Å². The Morgan fingerprint density at radius 1 is 1.07 bits per heavy atom. The van der Waals surface area contributed by atoms with E-state index in [-0.39, 0.29) is 0 Å². The number of nitrogens with two attached hydrogens (primary N) is 1. The molecule has 1 saturated heterocycles. The van der Waals surface area contributed by atoms with Crippen LogP contribution in [0.2, 0.25) is 0 Å². The molecule has 1 aliphatic rings. The fraction of sp³-hybridized carbons (Fsp3) is 1.00. The maximum absolute atomic E-state index is 5.41. The van der Waals surface area contributed by atoms with Crippen LogP contribution in [0.25, 0.3) is 0 Å². The molecule has 0 amide bonds. The summed E-state index contributed by atoms with van der Waals surface area (Å²) in [5, 5.41) is 6.79. The van der Waals surface area contributed by atoms with E-state index < -0.39 is 0 Å². The lowest BCUT2D eigenvalue weighted by Gasteiger charge is -2.27. The van der Waals surface area contributed by atoms with Crippen LogP contribution in [-0.4, -0.2) is 57.3 Å². The smallest absolute Gasteiger partial charge is 0.0107 e. The molecule has 0 spiro atoms. The lowest BCUT2D eigenvalue weighted by Crippen LogP contribution is -2.43. The fourth-order valence-corrected chi connectivity index (χ4v) is 1.87.